The number of aliphatic carboxylic acids is 1. The Morgan fingerprint density at radius 1 is 0.938 bits per heavy atom. The summed E-state index contributed by atoms with van der Waals surface area (Å²) in [6, 6.07) is 21.3. The zero-order valence-corrected chi connectivity index (χ0v) is 18.3. The molecule has 3 aromatic rings. The Morgan fingerprint density at radius 2 is 1.50 bits per heavy atom. The lowest BCUT2D eigenvalue weighted by molar-refractivity contribution is -0.139. The van der Waals surface area contributed by atoms with Gasteiger partial charge in [-0.05, 0) is 54.5 Å². The first kappa shape index (κ1) is 21.6. The van der Waals surface area contributed by atoms with Crippen LogP contribution in [0.15, 0.2) is 66.7 Å². The first-order valence-electron chi connectivity index (χ1n) is 10.8. The summed E-state index contributed by atoms with van der Waals surface area (Å²) in [5.74, 6) is -1.13. The Hall–Kier alpha value is -3.60. The van der Waals surface area contributed by atoms with E-state index in [1.165, 1.54) is 0 Å². The first-order valence-corrected chi connectivity index (χ1v) is 10.8. The second kappa shape index (κ2) is 9.27. The van der Waals surface area contributed by atoms with E-state index in [1.54, 1.807) is 0 Å². The maximum atomic E-state index is 12.5. The van der Waals surface area contributed by atoms with Crippen LogP contribution in [-0.4, -0.2) is 29.8 Å². The molecular weight excluding hydrogens is 402 g/mol. The van der Waals surface area contributed by atoms with Gasteiger partial charge in [-0.2, -0.15) is 0 Å². The van der Waals surface area contributed by atoms with Crippen LogP contribution in [0.4, 0.5) is 4.79 Å². The Kier molecular flexibility index (Phi) is 6.26. The van der Waals surface area contributed by atoms with E-state index in [4.69, 9.17) is 4.74 Å². The van der Waals surface area contributed by atoms with Gasteiger partial charge in [-0.15, -0.1) is 0 Å². The van der Waals surface area contributed by atoms with Crippen LogP contribution >= 0.6 is 0 Å². The third kappa shape index (κ3) is 4.67. The summed E-state index contributed by atoms with van der Waals surface area (Å²) >= 11 is 0. The van der Waals surface area contributed by atoms with Crippen molar-refractivity contribution in [1.82, 2.24) is 5.32 Å². The molecule has 3 aromatic carbocycles. The van der Waals surface area contributed by atoms with Gasteiger partial charge in [0.25, 0.3) is 0 Å². The predicted octanol–water partition coefficient (Wildman–Crippen LogP) is 5.23. The summed E-state index contributed by atoms with van der Waals surface area (Å²) in [5, 5.41) is 12.1. The third-order valence-corrected chi connectivity index (χ3v) is 5.94. The van der Waals surface area contributed by atoms with Gasteiger partial charge in [-0.25, -0.2) is 9.59 Å². The molecule has 0 saturated heterocycles. The van der Waals surface area contributed by atoms with Crippen LogP contribution in [0.5, 0.6) is 0 Å². The van der Waals surface area contributed by atoms with E-state index in [9.17, 15) is 14.7 Å². The summed E-state index contributed by atoms with van der Waals surface area (Å²) in [7, 11) is 0. The summed E-state index contributed by atoms with van der Waals surface area (Å²) < 4.78 is 5.50. The van der Waals surface area contributed by atoms with Crippen LogP contribution in [0.1, 0.15) is 40.2 Å². The van der Waals surface area contributed by atoms with E-state index in [-0.39, 0.29) is 12.5 Å². The number of hydrogen-bond acceptors (Lipinski definition) is 3. The minimum Gasteiger partial charge on any atom is -0.480 e. The van der Waals surface area contributed by atoms with Crippen molar-refractivity contribution < 1.29 is 19.4 Å². The molecule has 4 rings (SSSR count). The number of carbonyl (C=O) groups excluding carboxylic acids is 1. The van der Waals surface area contributed by atoms with Gasteiger partial charge in [-0.3, -0.25) is 0 Å². The first-order chi connectivity index (χ1) is 15.4. The number of carboxylic acid groups (broad SMARTS) is 1. The van der Waals surface area contributed by atoms with E-state index in [2.05, 4.69) is 23.5 Å². The predicted molar refractivity (Wildman–Crippen MR) is 124 cm³/mol. The topological polar surface area (TPSA) is 75.6 Å². The maximum Gasteiger partial charge on any atom is 0.407 e. The van der Waals surface area contributed by atoms with Crippen molar-refractivity contribution in [1.29, 1.82) is 0 Å². The number of hydrogen-bond donors (Lipinski definition) is 2. The van der Waals surface area contributed by atoms with E-state index >= 15 is 0 Å². The van der Waals surface area contributed by atoms with Crippen LogP contribution in [0.25, 0.3) is 11.1 Å². The highest BCUT2D eigenvalue weighted by atomic mass is 16.5. The van der Waals surface area contributed by atoms with Crippen LogP contribution in [0.3, 0.4) is 0 Å². The van der Waals surface area contributed by atoms with E-state index < -0.39 is 18.1 Å². The number of nitrogens with one attached hydrogen (secondary N) is 1. The molecule has 0 aromatic heterocycles. The molecule has 1 atom stereocenters. The highest BCUT2D eigenvalue weighted by Crippen LogP contribution is 2.44. The molecular formula is C27H27NO4. The van der Waals surface area contributed by atoms with Crippen molar-refractivity contribution in [2.75, 3.05) is 6.61 Å². The molecule has 1 aliphatic rings. The largest absolute Gasteiger partial charge is 0.480 e. The van der Waals surface area contributed by atoms with E-state index in [0.717, 1.165) is 38.9 Å². The van der Waals surface area contributed by atoms with Crippen molar-refractivity contribution >= 4 is 12.1 Å². The molecule has 1 amide bonds. The normalized spacial score (nSPS) is 13.2. The summed E-state index contributed by atoms with van der Waals surface area (Å²) in [4.78, 5) is 24.2. The summed E-state index contributed by atoms with van der Waals surface area (Å²) in [6.45, 7) is 4.18. The fraction of sp³-hybridized carbons (Fsp3) is 0.259. The molecule has 0 aliphatic heterocycles. The molecule has 0 saturated carbocycles. The number of ether oxygens (including phenoxy) is 1. The van der Waals surface area contributed by atoms with Crippen molar-refractivity contribution in [2.24, 2.45) is 0 Å². The number of rotatable bonds is 7. The van der Waals surface area contributed by atoms with E-state index in [0.29, 0.717) is 12.8 Å². The lowest BCUT2D eigenvalue weighted by atomic mass is 9.98. The smallest absolute Gasteiger partial charge is 0.407 e. The molecule has 5 heteroatoms. The molecule has 32 heavy (non-hydrogen) atoms. The summed E-state index contributed by atoms with van der Waals surface area (Å²) in [5.41, 5.74) is 7.86. The van der Waals surface area contributed by atoms with Gasteiger partial charge in [0.05, 0.1) is 0 Å². The van der Waals surface area contributed by atoms with Gasteiger partial charge in [0.2, 0.25) is 0 Å². The number of carbonyl (C=O) groups is 2. The number of alkyl carbamates (subject to hydrolysis) is 1. The van der Waals surface area contributed by atoms with Crippen molar-refractivity contribution in [3.63, 3.8) is 0 Å². The quantitative estimate of drug-likeness (QED) is 0.539. The fourth-order valence-corrected chi connectivity index (χ4v) is 4.56. The Bertz CT molecular complexity index is 1090. The number of carboxylic acids is 1. The second-order valence-electron chi connectivity index (χ2n) is 8.40. The number of fused-ring (bicyclic) bond motifs is 3. The number of aryl methyl sites for hydroxylation is 3. The number of benzene rings is 3. The lowest BCUT2D eigenvalue weighted by Crippen LogP contribution is -2.41. The average molecular weight is 430 g/mol. The SMILES string of the molecule is Cc1cc(C)cc(CC[C@H](NC(=O)OCC2c3ccccc3-c3ccccc32)C(=O)O)c1. The minimum atomic E-state index is -1.07. The van der Waals surface area contributed by atoms with Gasteiger partial charge in [0.1, 0.15) is 12.6 Å². The van der Waals surface area contributed by atoms with Gasteiger partial charge in [0, 0.05) is 5.92 Å². The fourth-order valence-electron chi connectivity index (χ4n) is 4.56. The molecule has 0 spiro atoms. The Morgan fingerprint density at radius 3 is 2.06 bits per heavy atom. The maximum absolute atomic E-state index is 12.5. The van der Waals surface area contributed by atoms with Gasteiger partial charge in [0.15, 0.2) is 0 Å². The second-order valence-corrected chi connectivity index (χ2v) is 8.40. The monoisotopic (exact) mass is 429 g/mol. The molecule has 1 aliphatic carbocycles. The minimum absolute atomic E-state index is 0.0632. The van der Waals surface area contributed by atoms with Gasteiger partial charge >= 0.3 is 12.1 Å². The number of amides is 1. The zero-order valence-electron chi connectivity index (χ0n) is 18.3. The van der Waals surface area contributed by atoms with E-state index in [1.807, 2.05) is 62.4 Å². The van der Waals surface area contributed by atoms with Crippen molar-refractivity contribution in [2.45, 2.75) is 38.6 Å². The molecule has 0 heterocycles. The molecule has 0 fully saturated rings. The van der Waals surface area contributed by atoms with Gasteiger partial charge in [-0.1, -0.05) is 77.9 Å². The molecule has 164 valence electrons. The molecule has 2 N–H and O–H groups in total. The molecule has 0 bridgehead atoms. The van der Waals surface area contributed by atoms with Crippen LogP contribution in [-0.2, 0) is 16.0 Å². The molecule has 0 unspecified atom stereocenters. The summed E-state index contributed by atoms with van der Waals surface area (Å²) in [6.07, 6.45) is 0.144. The Labute approximate surface area is 188 Å². The molecule has 0 radical (unpaired) electrons. The lowest BCUT2D eigenvalue weighted by Gasteiger charge is -2.17. The highest BCUT2D eigenvalue weighted by molar-refractivity contribution is 5.81. The van der Waals surface area contributed by atoms with Crippen molar-refractivity contribution in [3.8, 4) is 11.1 Å². The molecule has 5 nitrogen and oxygen atoms in total. The zero-order chi connectivity index (χ0) is 22.7. The van der Waals surface area contributed by atoms with Crippen LogP contribution in [0.2, 0.25) is 0 Å². The third-order valence-electron chi connectivity index (χ3n) is 5.94. The average Bonchev–Trinajstić information content (AvgIpc) is 3.08. The van der Waals surface area contributed by atoms with Crippen LogP contribution < -0.4 is 5.32 Å². The highest BCUT2D eigenvalue weighted by Gasteiger charge is 2.29. The Balaban J connectivity index is 1.38. The van der Waals surface area contributed by atoms with Crippen molar-refractivity contribution in [3.05, 3.63) is 94.5 Å². The standard InChI is InChI=1S/C27H27NO4/c1-17-13-18(2)15-19(14-17)11-12-25(26(29)30)28-27(31)32-16-24-22-9-5-3-7-20(22)21-8-4-6-10-23(21)24/h3-10,13-15,24-25H,11-12,16H2,1-2H3,(H,28,31)(H,29,30)/t25-/m0/s1. The van der Waals surface area contributed by atoms with Crippen LogP contribution in [0, 0.1) is 13.8 Å². The van der Waals surface area contributed by atoms with Gasteiger partial charge < -0.3 is 15.2 Å².